The molecule has 0 heterocycles. The molecule has 0 aromatic heterocycles. The van der Waals surface area contributed by atoms with Crippen molar-refractivity contribution in [2.24, 2.45) is 5.92 Å². The van der Waals surface area contributed by atoms with Gasteiger partial charge >= 0.3 is 0 Å². The second-order valence-corrected chi connectivity index (χ2v) is 7.01. The van der Waals surface area contributed by atoms with Crippen LogP contribution in [0.2, 0.25) is 5.02 Å². The number of hydrogen-bond acceptors (Lipinski definition) is 3. The molecule has 0 amide bonds. The van der Waals surface area contributed by atoms with Gasteiger partial charge in [-0.25, -0.2) is 0 Å². The van der Waals surface area contributed by atoms with E-state index in [0.29, 0.717) is 12.5 Å². The summed E-state index contributed by atoms with van der Waals surface area (Å²) in [7, 11) is 0. The molecule has 0 unspecified atom stereocenters. The van der Waals surface area contributed by atoms with Crippen LogP contribution in [0.4, 0.5) is 5.69 Å². The highest BCUT2D eigenvalue weighted by molar-refractivity contribution is 6.33. The van der Waals surface area contributed by atoms with Gasteiger partial charge in [-0.2, -0.15) is 0 Å². The van der Waals surface area contributed by atoms with Crippen molar-refractivity contribution in [2.45, 2.75) is 46.8 Å². The summed E-state index contributed by atoms with van der Waals surface area (Å²) in [6.07, 6.45) is 0. The standard InChI is InChI=1S/C17H29ClN2O/c1-6-20(12-17(4,5)21)16-14(8-7-9-15(16)18)11-19-10-13(2)3/h7-9,13,19,21H,6,10-12H2,1-5H3. The van der Waals surface area contributed by atoms with Crippen molar-refractivity contribution in [3.05, 3.63) is 28.8 Å². The van der Waals surface area contributed by atoms with Crippen molar-refractivity contribution < 1.29 is 5.11 Å². The Morgan fingerprint density at radius 2 is 2.00 bits per heavy atom. The number of anilines is 1. The first-order chi connectivity index (χ1) is 9.74. The van der Waals surface area contributed by atoms with Crippen LogP contribution in [0.1, 0.15) is 40.2 Å². The lowest BCUT2D eigenvalue weighted by Gasteiger charge is -2.32. The summed E-state index contributed by atoms with van der Waals surface area (Å²) >= 11 is 6.42. The molecule has 2 N–H and O–H groups in total. The quantitative estimate of drug-likeness (QED) is 0.768. The van der Waals surface area contributed by atoms with Gasteiger partial charge in [0.2, 0.25) is 0 Å². The number of halogens is 1. The third-order valence-electron chi connectivity index (χ3n) is 3.21. The number of hydrogen-bond donors (Lipinski definition) is 2. The highest BCUT2D eigenvalue weighted by atomic mass is 35.5. The van der Waals surface area contributed by atoms with Gasteiger partial charge in [-0.3, -0.25) is 0 Å². The van der Waals surface area contributed by atoms with E-state index in [2.05, 4.69) is 37.1 Å². The van der Waals surface area contributed by atoms with E-state index in [4.69, 9.17) is 11.6 Å². The Hall–Kier alpha value is -0.770. The zero-order valence-corrected chi connectivity index (χ0v) is 14.7. The molecule has 0 saturated heterocycles. The lowest BCUT2D eigenvalue weighted by Crippen LogP contribution is -2.39. The van der Waals surface area contributed by atoms with Gasteiger partial charge in [0.05, 0.1) is 16.3 Å². The molecule has 120 valence electrons. The maximum atomic E-state index is 10.1. The normalized spacial score (nSPS) is 12.0. The summed E-state index contributed by atoms with van der Waals surface area (Å²) in [6.45, 7) is 13.2. The Morgan fingerprint density at radius 1 is 1.33 bits per heavy atom. The Kier molecular flexibility index (Phi) is 6.98. The number of nitrogens with one attached hydrogen (secondary N) is 1. The van der Waals surface area contributed by atoms with Gasteiger partial charge in [0.25, 0.3) is 0 Å². The molecular formula is C17H29ClN2O. The van der Waals surface area contributed by atoms with Crippen molar-refractivity contribution in [1.29, 1.82) is 0 Å². The maximum Gasteiger partial charge on any atom is 0.0765 e. The molecule has 1 rings (SSSR count). The SMILES string of the molecule is CCN(CC(C)(C)O)c1c(Cl)cccc1CNCC(C)C. The third-order valence-corrected chi connectivity index (χ3v) is 3.52. The van der Waals surface area contributed by atoms with Crippen molar-refractivity contribution >= 4 is 17.3 Å². The zero-order chi connectivity index (χ0) is 16.0. The average molecular weight is 313 g/mol. The number of nitrogens with zero attached hydrogens (tertiary/aromatic N) is 1. The van der Waals surface area contributed by atoms with Gasteiger partial charge in [-0.1, -0.05) is 37.6 Å². The van der Waals surface area contributed by atoms with E-state index in [9.17, 15) is 5.11 Å². The Morgan fingerprint density at radius 3 is 2.52 bits per heavy atom. The maximum absolute atomic E-state index is 10.1. The summed E-state index contributed by atoms with van der Waals surface area (Å²) in [5.74, 6) is 0.617. The van der Waals surface area contributed by atoms with Crippen molar-refractivity contribution in [2.75, 3.05) is 24.5 Å². The summed E-state index contributed by atoms with van der Waals surface area (Å²) in [4.78, 5) is 2.15. The molecule has 0 aliphatic heterocycles. The first-order valence-corrected chi connectivity index (χ1v) is 8.07. The summed E-state index contributed by atoms with van der Waals surface area (Å²) in [5.41, 5.74) is 1.45. The average Bonchev–Trinajstić information content (AvgIpc) is 2.35. The van der Waals surface area contributed by atoms with E-state index in [-0.39, 0.29) is 0 Å². The molecule has 3 nitrogen and oxygen atoms in total. The van der Waals surface area contributed by atoms with Crippen molar-refractivity contribution in [1.82, 2.24) is 5.32 Å². The molecule has 0 aliphatic carbocycles. The predicted molar refractivity (Wildman–Crippen MR) is 92.2 cm³/mol. The summed E-state index contributed by atoms with van der Waals surface area (Å²) in [5, 5.41) is 14.3. The molecule has 0 atom stereocenters. The molecule has 0 aliphatic rings. The second-order valence-electron chi connectivity index (χ2n) is 6.60. The number of likely N-dealkylation sites (N-methyl/N-ethyl adjacent to an activating group) is 1. The Bertz CT molecular complexity index is 441. The van der Waals surface area contributed by atoms with Gasteiger partial charge in [-0.15, -0.1) is 0 Å². The molecule has 21 heavy (non-hydrogen) atoms. The molecule has 0 fully saturated rings. The molecule has 0 bridgehead atoms. The van der Waals surface area contributed by atoms with E-state index in [1.54, 1.807) is 0 Å². The largest absolute Gasteiger partial charge is 0.389 e. The van der Waals surface area contributed by atoms with E-state index in [1.807, 2.05) is 26.0 Å². The van der Waals surface area contributed by atoms with Crippen LogP contribution >= 0.6 is 11.6 Å². The molecule has 0 radical (unpaired) electrons. The summed E-state index contributed by atoms with van der Waals surface area (Å²) in [6, 6.07) is 5.99. The second kappa shape index (κ2) is 8.02. The van der Waals surface area contributed by atoms with Crippen molar-refractivity contribution in [3.63, 3.8) is 0 Å². The highest BCUT2D eigenvalue weighted by Crippen LogP contribution is 2.31. The van der Waals surface area contributed by atoms with Crippen LogP contribution in [0.5, 0.6) is 0 Å². The lowest BCUT2D eigenvalue weighted by atomic mass is 10.1. The molecule has 1 aromatic carbocycles. The Balaban J connectivity index is 2.97. The molecular weight excluding hydrogens is 284 g/mol. The van der Waals surface area contributed by atoms with E-state index in [1.165, 1.54) is 5.56 Å². The number of aliphatic hydroxyl groups is 1. The first kappa shape index (κ1) is 18.3. The molecule has 1 aromatic rings. The first-order valence-electron chi connectivity index (χ1n) is 7.70. The minimum Gasteiger partial charge on any atom is -0.389 e. The van der Waals surface area contributed by atoms with Crippen LogP contribution in [0.15, 0.2) is 18.2 Å². The fourth-order valence-electron chi connectivity index (χ4n) is 2.37. The Labute approximate surface area is 134 Å². The van der Waals surface area contributed by atoms with Crippen LogP contribution in [0.3, 0.4) is 0 Å². The van der Waals surface area contributed by atoms with Crippen LogP contribution in [0.25, 0.3) is 0 Å². The van der Waals surface area contributed by atoms with Crippen LogP contribution in [-0.2, 0) is 6.54 Å². The number of para-hydroxylation sites is 1. The van der Waals surface area contributed by atoms with Gasteiger partial charge in [0, 0.05) is 19.6 Å². The van der Waals surface area contributed by atoms with Crippen LogP contribution < -0.4 is 10.2 Å². The topological polar surface area (TPSA) is 35.5 Å². The summed E-state index contributed by atoms with van der Waals surface area (Å²) < 4.78 is 0. The monoisotopic (exact) mass is 312 g/mol. The predicted octanol–water partition coefficient (Wildman–Crippen LogP) is 3.68. The van der Waals surface area contributed by atoms with E-state index in [0.717, 1.165) is 30.3 Å². The van der Waals surface area contributed by atoms with E-state index < -0.39 is 5.60 Å². The third kappa shape index (κ3) is 6.25. The van der Waals surface area contributed by atoms with Gasteiger partial charge in [0.15, 0.2) is 0 Å². The van der Waals surface area contributed by atoms with Crippen LogP contribution in [0, 0.1) is 5.92 Å². The van der Waals surface area contributed by atoms with Gasteiger partial charge in [-0.05, 0) is 44.9 Å². The fraction of sp³-hybridized carbons (Fsp3) is 0.647. The zero-order valence-electron chi connectivity index (χ0n) is 13.9. The number of rotatable bonds is 8. The van der Waals surface area contributed by atoms with E-state index >= 15 is 0 Å². The number of benzene rings is 1. The minimum atomic E-state index is -0.752. The van der Waals surface area contributed by atoms with Gasteiger partial charge in [0.1, 0.15) is 0 Å². The van der Waals surface area contributed by atoms with Gasteiger partial charge < -0.3 is 15.3 Å². The minimum absolute atomic E-state index is 0.560. The smallest absolute Gasteiger partial charge is 0.0765 e. The highest BCUT2D eigenvalue weighted by Gasteiger charge is 2.21. The molecule has 0 spiro atoms. The van der Waals surface area contributed by atoms with Crippen LogP contribution in [-0.4, -0.2) is 30.3 Å². The lowest BCUT2D eigenvalue weighted by molar-refractivity contribution is 0.0875. The molecule has 0 saturated carbocycles. The van der Waals surface area contributed by atoms with Crippen molar-refractivity contribution in [3.8, 4) is 0 Å². The molecule has 4 heteroatoms. The fourth-order valence-corrected chi connectivity index (χ4v) is 2.68.